The van der Waals surface area contributed by atoms with Gasteiger partial charge in [0.15, 0.2) is 0 Å². The van der Waals surface area contributed by atoms with Crippen LogP contribution >= 0.6 is 0 Å². The van der Waals surface area contributed by atoms with Gasteiger partial charge in [0.05, 0.1) is 35.5 Å². The van der Waals surface area contributed by atoms with Crippen LogP contribution in [0.2, 0.25) is 0 Å². The van der Waals surface area contributed by atoms with E-state index in [1.807, 2.05) is 0 Å². The number of hydrogen-bond donors (Lipinski definition) is 2. The number of sulfonamides is 1. The third kappa shape index (κ3) is 5.98. The van der Waals surface area contributed by atoms with Crippen LogP contribution in [-0.4, -0.2) is 34.6 Å². The Morgan fingerprint density at radius 1 is 0.971 bits per heavy atom. The largest absolute Gasteiger partial charge is 0.495 e. The van der Waals surface area contributed by atoms with Crippen LogP contribution in [0.1, 0.15) is 5.56 Å². The monoisotopic (exact) mass is 493 g/mol. The Morgan fingerprint density at radius 3 is 2.32 bits per heavy atom. The predicted molar refractivity (Wildman–Crippen MR) is 122 cm³/mol. The van der Waals surface area contributed by atoms with Crippen LogP contribution in [0.4, 0.5) is 29.3 Å². The summed E-state index contributed by atoms with van der Waals surface area (Å²) in [7, 11) is -2.77. The van der Waals surface area contributed by atoms with Crippen LogP contribution in [-0.2, 0) is 16.2 Å². The van der Waals surface area contributed by atoms with Crippen molar-refractivity contribution in [2.45, 2.75) is 11.1 Å². The maximum absolute atomic E-state index is 13.2. The van der Waals surface area contributed by atoms with Gasteiger partial charge in [-0.1, -0.05) is 36.4 Å². The highest BCUT2D eigenvalue weighted by Crippen LogP contribution is 2.33. The van der Waals surface area contributed by atoms with E-state index in [2.05, 4.69) is 10.6 Å². The van der Waals surface area contributed by atoms with Crippen molar-refractivity contribution >= 4 is 27.4 Å². The highest BCUT2D eigenvalue weighted by Gasteiger charge is 2.32. The highest BCUT2D eigenvalue weighted by molar-refractivity contribution is 7.92. The summed E-state index contributed by atoms with van der Waals surface area (Å²) < 4.78 is 72.2. The molecule has 0 aliphatic rings. The molecule has 0 spiro atoms. The first kappa shape index (κ1) is 24.9. The number of carbonyl (C=O) groups is 1. The van der Waals surface area contributed by atoms with E-state index in [1.54, 1.807) is 30.3 Å². The molecule has 0 radical (unpaired) electrons. The molecule has 0 bridgehead atoms. The number of rotatable bonds is 8. The van der Waals surface area contributed by atoms with Crippen LogP contribution in [0.5, 0.6) is 5.75 Å². The molecule has 3 rings (SSSR count). The summed E-state index contributed by atoms with van der Waals surface area (Å²) in [6.45, 7) is -0.485. The van der Waals surface area contributed by atoms with Gasteiger partial charge in [0, 0.05) is 6.54 Å². The first-order chi connectivity index (χ1) is 16.1. The van der Waals surface area contributed by atoms with Gasteiger partial charge in [-0.05, 0) is 42.5 Å². The smallest absolute Gasteiger partial charge is 0.416 e. The Hall–Kier alpha value is -3.73. The Morgan fingerprint density at radius 2 is 1.65 bits per heavy atom. The molecule has 2 amide bonds. The number of nitrogens with zero attached hydrogens (tertiary/aromatic N) is 1. The van der Waals surface area contributed by atoms with E-state index in [1.165, 1.54) is 37.4 Å². The van der Waals surface area contributed by atoms with Gasteiger partial charge in [-0.2, -0.15) is 13.2 Å². The van der Waals surface area contributed by atoms with E-state index in [0.29, 0.717) is 11.4 Å². The predicted octanol–water partition coefficient (Wildman–Crippen LogP) is 4.73. The van der Waals surface area contributed by atoms with Crippen molar-refractivity contribution in [3.63, 3.8) is 0 Å². The van der Waals surface area contributed by atoms with E-state index in [0.717, 1.165) is 22.5 Å². The second kappa shape index (κ2) is 10.5. The molecule has 11 heteroatoms. The zero-order valence-electron chi connectivity index (χ0n) is 18.0. The second-order valence-corrected chi connectivity index (χ2v) is 8.88. The maximum atomic E-state index is 13.2. The van der Waals surface area contributed by atoms with Gasteiger partial charge in [0.2, 0.25) is 0 Å². The minimum atomic E-state index is -4.65. The Kier molecular flexibility index (Phi) is 7.67. The molecule has 3 aromatic carbocycles. The van der Waals surface area contributed by atoms with Crippen molar-refractivity contribution in [2.24, 2.45) is 0 Å². The van der Waals surface area contributed by atoms with Crippen LogP contribution in [0.25, 0.3) is 0 Å². The number of anilines is 2. The van der Waals surface area contributed by atoms with Gasteiger partial charge in [0.25, 0.3) is 10.0 Å². The van der Waals surface area contributed by atoms with Crippen LogP contribution < -0.4 is 19.7 Å². The van der Waals surface area contributed by atoms with Crippen molar-refractivity contribution in [1.29, 1.82) is 0 Å². The quantitative estimate of drug-likeness (QED) is 0.475. The molecule has 0 saturated heterocycles. The minimum absolute atomic E-state index is 0.0918. The van der Waals surface area contributed by atoms with Crippen LogP contribution in [0.15, 0.2) is 83.8 Å². The van der Waals surface area contributed by atoms with Crippen LogP contribution in [0, 0.1) is 0 Å². The average molecular weight is 494 g/mol. The number of hydrogen-bond acceptors (Lipinski definition) is 4. The fraction of sp³-hybridized carbons (Fsp3) is 0.174. The lowest BCUT2D eigenvalue weighted by molar-refractivity contribution is -0.137. The summed E-state index contributed by atoms with van der Waals surface area (Å²) in [5, 5.41) is 5.10. The summed E-state index contributed by atoms with van der Waals surface area (Å²) >= 11 is 0. The maximum Gasteiger partial charge on any atom is 0.416 e. The van der Waals surface area contributed by atoms with Crippen molar-refractivity contribution < 1.29 is 31.1 Å². The van der Waals surface area contributed by atoms with E-state index in [4.69, 9.17) is 4.74 Å². The molecule has 0 unspecified atom stereocenters. The topological polar surface area (TPSA) is 87.7 Å². The summed E-state index contributed by atoms with van der Waals surface area (Å²) in [6, 6.07) is 17.4. The number of para-hydroxylation sites is 2. The van der Waals surface area contributed by atoms with E-state index >= 15 is 0 Å². The molecule has 0 fully saturated rings. The fourth-order valence-corrected chi connectivity index (χ4v) is 4.61. The van der Waals surface area contributed by atoms with Crippen LogP contribution in [0.3, 0.4) is 0 Å². The molecule has 7 nitrogen and oxygen atoms in total. The lowest BCUT2D eigenvalue weighted by Crippen LogP contribution is -2.40. The summed E-state index contributed by atoms with van der Waals surface area (Å²) in [6.07, 6.45) is -4.65. The molecular weight excluding hydrogens is 471 g/mol. The summed E-state index contributed by atoms with van der Waals surface area (Å²) in [4.78, 5) is 12.2. The van der Waals surface area contributed by atoms with Crippen molar-refractivity contribution in [3.05, 3.63) is 84.4 Å². The molecule has 0 heterocycles. The number of nitrogens with one attached hydrogen (secondary N) is 2. The summed E-state index contributed by atoms with van der Waals surface area (Å²) in [5.41, 5.74) is -0.764. The minimum Gasteiger partial charge on any atom is -0.495 e. The molecule has 2 N–H and O–H groups in total. The zero-order valence-corrected chi connectivity index (χ0v) is 18.9. The molecule has 180 valence electrons. The molecule has 34 heavy (non-hydrogen) atoms. The Balaban J connectivity index is 1.82. The zero-order chi connectivity index (χ0) is 24.8. The van der Waals surface area contributed by atoms with E-state index < -0.39 is 27.8 Å². The number of halogens is 3. The highest BCUT2D eigenvalue weighted by atomic mass is 32.2. The number of urea groups is 1. The Bertz CT molecular complexity index is 1240. The normalized spacial score (nSPS) is 11.5. The van der Waals surface area contributed by atoms with Gasteiger partial charge in [-0.25, -0.2) is 13.2 Å². The first-order valence-electron chi connectivity index (χ1n) is 10.1. The van der Waals surface area contributed by atoms with Crippen molar-refractivity contribution in [1.82, 2.24) is 5.32 Å². The molecule has 0 atom stereocenters. The SMILES string of the molecule is COc1ccccc1NC(=O)NCCN(c1cccc(C(F)(F)F)c1)S(=O)(=O)c1ccccc1. The third-order valence-corrected chi connectivity index (χ3v) is 6.59. The molecule has 0 aliphatic carbocycles. The first-order valence-corrected chi connectivity index (χ1v) is 11.5. The number of benzene rings is 3. The number of methoxy groups -OCH3 is 1. The lowest BCUT2D eigenvalue weighted by atomic mass is 10.2. The van der Waals surface area contributed by atoms with Gasteiger partial charge < -0.3 is 15.4 Å². The summed E-state index contributed by atoms with van der Waals surface area (Å²) in [5.74, 6) is 0.426. The molecule has 0 aromatic heterocycles. The Labute approximate surface area is 195 Å². The number of carbonyl (C=O) groups excluding carboxylic acids is 1. The third-order valence-electron chi connectivity index (χ3n) is 4.75. The lowest BCUT2D eigenvalue weighted by Gasteiger charge is -2.25. The van der Waals surface area contributed by atoms with Gasteiger partial charge in [-0.15, -0.1) is 0 Å². The average Bonchev–Trinajstić information content (AvgIpc) is 2.82. The fourth-order valence-electron chi connectivity index (χ4n) is 3.13. The number of amides is 2. The van der Waals surface area contributed by atoms with Crippen molar-refractivity contribution in [3.8, 4) is 5.75 Å². The van der Waals surface area contributed by atoms with Crippen molar-refractivity contribution in [2.75, 3.05) is 29.8 Å². The number of alkyl halides is 3. The molecule has 3 aromatic rings. The van der Waals surface area contributed by atoms with E-state index in [9.17, 15) is 26.4 Å². The van der Waals surface area contributed by atoms with E-state index in [-0.39, 0.29) is 23.7 Å². The molecular formula is C23H22F3N3O4S. The molecule has 0 aliphatic heterocycles. The standard InChI is InChI=1S/C23H22F3N3O4S/c1-33-21-13-6-5-12-20(21)28-22(30)27-14-15-29(34(31,32)19-10-3-2-4-11-19)18-9-7-8-17(16-18)23(24,25)26/h2-13,16H,14-15H2,1H3,(H2,27,28,30). The van der Waals surface area contributed by atoms with Gasteiger partial charge in [0.1, 0.15) is 5.75 Å². The van der Waals surface area contributed by atoms with Gasteiger partial charge >= 0.3 is 12.2 Å². The number of ether oxygens (including phenoxy) is 1. The second-order valence-electron chi connectivity index (χ2n) is 7.02. The van der Waals surface area contributed by atoms with Gasteiger partial charge in [-0.3, -0.25) is 4.31 Å². The molecule has 0 saturated carbocycles.